The average molecular weight is 996 g/mol. The average Bonchev–Trinajstić information content (AvgIpc) is 4.07. The van der Waals surface area contributed by atoms with Gasteiger partial charge in [0.05, 0.1) is 11.9 Å². The molecule has 1 saturated carbocycles. The van der Waals surface area contributed by atoms with E-state index in [9.17, 15) is 19.2 Å². The minimum atomic E-state index is -0.586. The van der Waals surface area contributed by atoms with E-state index in [4.69, 9.17) is 9.97 Å². The third-order valence-corrected chi connectivity index (χ3v) is 14.8. The summed E-state index contributed by atoms with van der Waals surface area (Å²) < 4.78 is 2.13. The molecule has 2 N–H and O–H groups in total. The van der Waals surface area contributed by atoms with Gasteiger partial charge in [-0.15, -0.1) is 37.2 Å². The maximum absolute atomic E-state index is 13.2. The van der Waals surface area contributed by atoms with Gasteiger partial charge in [-0.1, -0.05) is 12.8 Å². The van der Waals surface area contributed by atoms with Crippen LogP contribution in [0.5, 0.6) is 0 Å². The molecule has 17 nitrogen and oxygen atoms in total. The smallest absolute Gasteiger partial charge is 0.270 e. The van der Waals surface area contributed by atoms with Gasteiger partial charge in [0.2, 0.25) is 17.8 Å². The van der Waals surface area contributed by atoms with E-state index in [-0.39, 0.29) is 73.3 Å². The van der Waals surface area contributed by atoms with Crippen LogP contribution >= 0.6 is 37.2 Å². The summed E-state index contributed by atoms with van der Waals surface area (Å²) in [5.74, 6) is 1.13. The highest BCUT2D eigenvalue weighted by molar-refractivity contribution is 6.05. The summed E-state index contributed by atoms with van der Waals surface area (Å²) in [6.07, 6.45) is 11.3. The first-order valence-electron chi connectivity index (χ1n) is 23.9. The van der Waals surface area contributed by atoms with Crippen LogP contribution in [0.3, 0.4) is 0 Å². The molecule has 68 heavy (non-hydrogen) atoms. The highest BCUT2D eigenvalue weighted by Gasteiger charge is 2.39. The number of nitrogens with zero attached hydrogens (tertiary/aromatic N) is 11. The van der Waals surface area contributed by atoms with Crippen molar-refractivity contribution in [3.8, 4) is 0 Å². The Morgan fingerprint density at radius 3 is 2.07 bits per heavy atom. The van der Waals surface area contributed by atoms with Crippen LogP contribution in [-0.4, -0.2) is 173 Å². The van der Waals surface area contributed by atoms with Gasteiger partial charge in [0.25, 0.3) is 11.8 Å². The standard InChI is InChI=1S/C48H63N13O4.3ClH/c1-54(2)47(65)41-28-34-29-50-48(53-44(34)61(41)36-5-3-4-6-36)51-42-11-8-38(30-49-42)59-23-19-56(20-24-59)18-17-55-15-13-33(14-16-55)31-57-21-25-58(26-22-57)37-7-9-39-35(27-37)32-60(46(39)64)40-10-12-43(62)52-45(40)63;;;/h7-9,11,27-30,33,36,40H,3-6,10,12-26,31-32H2,1-2H3,(H,52,62,63)(H,49,50,51,53);3*1H/t40-;;;/m0.../s1. The molecule has 10 rings (SSSR count). The zero-order valence-corrected chi connectivity index (χ0v) is 41.6. The monoisotopic (exact) mass is 993 g/mol. The van der Waals surface area contributed by atoms with Crippen molar-refractivity contribution in [2.24, 2.45) is 5.92 Å². The van der Waals surface area contributed by atoms with Crippen LogP contribution < -0.4 is 20.4 Å². The SMILES string of the molecule is CN(C)C(=O)c1cc2cnc(Nc3ccc(N4CCN(CCN5CCC(CN6CCN(c7ccc8c(c7)CN([C@H]7CCC(=O)NC7=O)C8=O)CC6)CC5)CC4)cn3)nc2n1C1CCCC1.Cl.Cl.Cl. The van der Waals surface area contributed by atoms with Gasteiger partial charge >= 0.3 is 0 Å². The van der Waals surface area contributed by atoms with Crippen molar-refractivity contribution < 1.29 is 19.2 Å². The molecule has 368 valence electrons. The number of anilines is 4. The second-order valence-electron chi connectivity index (χ2n) is 19.2. The number of benzene rings is 1. The van der Waals surface area contributed by atoms with Gasteiger partial charge in [0, 0.05) is 128 Å². The lowest BCUT2D eigenvalue weighted by atomic mass is 9.96. The van der Waals surface area contributed by atoms with Gasteiger partial charge in [-0.2, -0.15) is 4.98 Å². The number of hydrogen-bond donors (Lipinski definition) is 2. The number of halogens is 3. The Kier molecular flexibility index (Phi) is 16.8. The number of nitrogens with one attached hydrogen (secondary N) is 2. The van der Waals surface area contributed by atoms with Crippen LogP contribution in [0.15, 0.2) is 48.8 Å². The number of rotatable bonds is 12. The van der Waals surface area contributed by atoms with Gasteiger partial charge in [0.15, 0.2) is 0 Å². The first kappa shape index (κ1) is 51.1. The molecule has 1 atom stereocenters. The molecule has 4 saturated heterocycles. The first-order chi connectivity index (χ1) is 31.6. The van der Waals surface area contributed by atoms with Crippen LogP contribution in [0.2, 0.25) is 0 Å². The number of piperidine rings is 2. The van der Waals surface area contributed by atoms with Crippen molar-refractivity contribution in [1.29, 1.82) is 0 Å². The summed E-state index contributed by atoms with van der Waals surface area (Å²) in [7, 11) is 3.58. The van der Waals surface area contributed by atoms with Crippen molar-refractivity contribution in [1.82, 2.24) is 49.3 Å². The minimum Gasteiger partial charge on any atom is -0.369 e. The van der Waals surface area contributed by atoms with Crippen LogP contribution in [0.25, 0.3) is 11.0 Å². The Bertz CT molecular complexity index is 2410. The van der Waals surface area contributed by atoms with E-state index in [2.05, 4.69) is 56.8 Å². The Balaban J connectivity index is 0.00000228. The van der Waals surface area contributed by atoms with E-state index in [0.717, 1.165) is 132 Å². The van der Waals surface area contributed by atoms with E-state index in [1.165, 1.54) is 25.9 Å². The number of imide groups is 1. The summed E-state index contributed by atoms with van der Waals surface area (Å²) >= 11 is 0. The second-order valence-corrected chi connectivity index (χ2v) is 19.2. The largest absolute Gasteiger partial charge is 0.369 e. The number of carbonyl (C=O) groups is 4. The number of hydrogen-bond acceptors (Lipinski definition) is 13. The number of aromatic nitrogens is 4. The number of piperazine rings is 2. The Morgan fingerprint density at radius 2 is 1.41 bits per heavy atom. The van der Waals surface area contributed by atoms with Crippen molar-refractivity contribution in [2.75, 3.05) is 114 Å². The van der Waals surface area contributed by atoms with Crippen molar-refractivity contribution >= 4 is 95.0 Å². The number of pyridine rings is 1. The molecule has 1 aromatic carbocycles. The minimum absolute atomic E-state index is 0. The molecule has 0 unspecified atom stereocenters. The molecule has 3 aromatic heterocycles. The lowest BCUT2D eigenvalue weighted by Crippen LogP contribution is -2.52. The van der Waals surface area contributed by atoms with Crippen LogP contribution in [0.1, 0.15) is 83.8 Å². The molecule has 0 bridgehead atoms. The lowest BCUT2D eigenvalue weighted by Gasteiger charge is -2.40. The highest BCUT2D eigenvalue weighted by atomic mass is 35.5. The van der Waals surface area contributed by atoms with Gasteiger partial charge in [-0.05, 0) is 93.1 Å². The molecule has 5 fully saturated rings. The summed E-state index contributed by atoms with van der Waals surface area (Å²) in [6.45, 7) is 14.2. The quantitative estimate of drug-likeness (QED) is 0.182. The number of likely N-dealkylation sites (tertiary alicyclic amines) is 1. The van der Waals surface area contributed by atoms with E-state index in [1.54, 1.807) is 30.1 Å². The molecule has 20 heteroatoms. The fraction of sp³-hybridized carbons (Fsp3) is 0.562. The zero-order valence-electron chi connectivity index (χ0n) is 39.2. The molecule has 6 aliphatic rings. The van der Waals surface area contributed by atoms with E-state index < -0.39 is 6.04 Å². The lowest BCUT2D eigenvalue weighted by molar-refractivity contribution is -0.136. The van der Waals surface area contributed by atoms with E-state index >= 15 is 0 Å². The molecular formula is C48H66Cl3N13O4. The van der Waals surface area contributed by atoms with Crippen molar-refractivity contribution in [2.45, 2.75) is 70.0 Å². The molecule has 0 radical (unpaired) electrons. The van der Waals surface area contributed by atoms with Gasteiger partial charge in [0.1, 0.15) is 23.2 Å². The summed E-state index contributed by atoms with van der Waals surface area (Å²) in [4.78, 5) is 80.6. The Hall–Kier alpha value is -4.78. The maximum atomic E-state index is 13.2. The zero-order chi connectivity index (χ0) is 44.6. The molecule has 1 aliphatic carbocycles. The van der Waals surface area contributed by atoms with Gasteiger partial charge in [-0.25, -0.2) is 9.97 Å². The summed E-state index contributed by atoms with van der Waals surface area (Å²) in [6, 6.07) is 11.8. The van der Waals surface area contributed by atoms with E-state index in [1.807, 2.05) is 30.5 Å². The normalized spacial score (nSPS) is 21.0. The predicted octanol–water partition coefficient (Wildman–Crippen LogP) is 5.07. The topological polar surface area (TPSA) is 159 Å². The number of carbonyl (C=O) groups excluding carboxylic acids is 4. The van der Waals surface area contributed by atoms with Crippen LogP contribution in [0.4, 0.5) is 23.1 Å². The van der Waals surface area contributed by atoms with Gasteiger partial charge < -0.3 is 34.4 Å². The molecule has 8 heterocycles. The molecule has 4 amide bonds. The molecule has 5 aliphatic heterocycles. The number of fused-ring (bicyclic) bond motifs is 2. The van der Waals surface area contributed by atoms with E-state index in [0.29, 0.717) is 36.0 Å². The predicted molar refractivity (Wildman–Crippen MR) is 271 cm³/mol. The third-order valence-electron chi connectivity index (χ3n) is 14.8. The molecule has 4 aromatic rings. The molecular weight excluding hydrogens is 929 g/mol. The van der Waals surface area contributed by atoms with Gasteiger partial charge in [-0.3, -0.25) is 34.3 Å². The molecule has 0 spiro atoms. The highest BCUT2D eigenvalue weighted by Crippen LogP contribution is 2.35. The fourth-order valence-electron chi connectivity index (χ4n) is 11.0. The van der Waals surface area contributed by atoms with Crippen LogP contribution in [0, 0.1) is 5.92 Å². The Morgan fingerprint density at radius 1 is 0.750 bits per heavy atom. The maximum Gasteiger partial charge on any atom is 0.270 e. The summed E-state index contributed by atoms with van der Waals surface area (Å²) in [5.41, 5.74) is 5.35. The first-order valence-corrected chi connectivity index (χ1v) is 23.9. The summed E-state index contributed by atoms with van der Waals surface area (Å²) in [5, 5.41) is 6.57. The second kappa shape index (κ2) is 22.3. The van der Waals surface area contributed by atoms with Crippen LogP contribution in [-0.2, 0) is 16.1 Å². The van der Waals surface area contributed by atoms with Crippen molar-refractivity contribution in [3.63, 3.8) is 0 Å². The fourth-order valence-corrected chi connectivity index (χ4v) is 11.0. The third kappa shape index (κ3) is 11.0. The number of amides is 4. The van der Waals surface area contributed by atoms with Crippen molar-refractivity contribution in [3.05, 3.63) is 65.6 Å². The Labute approximate surface area is 417 Å².